The molecule has 0 bridgehead atoms. The summed E-state index contributed by atoms with van der Waals surface area (Å²) in [6.45, 7) is 2.62. The van der Waals surface area contributed by atoms with E-state index < -0.39 is 4.92 Å². The van der Waals surface area contributed by atoms with E-state index in [2.05, 4.69) is 41.5 Å². The molecule has 0 aromatic heterocycles. The average Bonchev–Trinajstić information content (AvgIpc) is 2.70. The topological polar surface area (TPSA) is 75.5 Å². The summed E-state index contributed by atoms with van der Waals surface area (Å²) < 4.78 is 0. The van der Waals surface area contributed by atoms with Gasteiger partial charge in [-0.2, -0.15) is 0 Å². The molecule has 6 heteroatoms. The van der Waals surface area contributed by atoms with Crippen LogP contribution in [-0.4, -0.2) is 35.9 Å². The third-order valence-electron chi connectivity index (χ3n) is 4.34. The second-order valence-electron chi connectivity index (χ2n) is 6.76. The van der Waals surface area contributed by atoms with E-state index >= 15 is 0 Å². The minimum absolute atomic E-state index is 0.0380. The third-order valence-corrected chi connectivity index (χ3v) is 4.34. The number of amides is 1. The maximum absolute atomic E-state index is 11.8. The van der Waals surface area contributed by atoms with Crippen molar-refractivity contribution in [1.82, 2.24) is 10.2 Å². The Balaban J connectivity index is 1.56. The van der Waals surface area contributed by atoms with Crippen LogP contribution in [-0.2, 0) is 11.3 Å². The molecule has 0 spiro atoms. The van der Waals surface area contributed by atoms with Crippen molar-refractivity contribution in [2.24, 2.45) is 0 Å². The second-order valence-corrected chi connectivity index (χ2v) is 6.76. The highest BCUT2D eigenvalue weighted by Crippen LogP contribution is 2.12. The molecule has 0 atom stereocenters. The number of non-ortho nitro benzene ring substituents is 1. The molecule has 0 aliphatic heterocycles. The highest BCUT2D eigenvalue weighted by Gasteiger charge is 2.03. The van der Waals surface area contributed by atoms with Crippen LogP contribution in [0.2, 0.25) is 0 Å². The van der Waals surface area contributed by atoms with E-state index in [1.807, 2.05) is 6.07 Å². The zero-order valence-corrected chi connectivity index (χ0v) is 16.2. The molecule has 0 radical (unpaired) electrons. The zero-order valence-electron chi connectivity index (χ0n) is 16.2. The van der Waals surface area contributed by atoms with Gasteiger partial charge in [0.05, 0.1) is 4.92 Å². The molecule has 0 heterocycles. The van der Waals surface area contributed by atoms with E-state index in [1.165, 1.54) is 23.8 Å². The lowest BCUT2D eigenvalue weighted by molar-refractivity contribution is -0.384. The number of rotatable bonds is 11. The van der Waals surface area contributed by atoms with Gasteiger partial charge in [-0.15, -0.1) is 0 Å². The maximum atomic E-state index is 11.8. The number of unbranched alkanes of at least 4 members (excludes halogenated alkanes) is 2. The fraction of sp³-hybridized carbons (Fsp3) is 0.318. The number of nitro groups is 1. The van der Waals surface area contributed by atoms with Crippen LogP contribution in [0.25, 0.3) is 6.08 Å². The Morgan fingerprint density at radius 2 is 1.79 bits per heavy atom. The normalized spacial score (nSPS) is 11.1. The quantitative estimate of drug-likeness (QED) is 0.276. The van der Waals surface area contributed by atoms with Crippen molar-refractivity contribution in [2.75, 3.05) is 20.1 Å². The molecule has 0 fully saturated rings. The lowest BCUT2D eigenvalue weighted by Gasteiger charge is -2.16. The van der Waals surface area contributed by atoms with Crippen LogP contribution in [0.15, 0.2) is 60.7 Å². The third kappa shape index (κ3) is 8.14. The van der Waals surface area contributed by atoms with Crippen molar-refractivity contribution >= 4 is 17.7 Å². The number of hydrogen-bond acceptors (Lipinski definition) is 4. The number of carbonyl (C=O) groups is 1. The lowest BCUT2D eigenvalue weighted by atomic mass is 10.2. The Morgan fingerprint density at radius 1 is 1.07 bits per heavy atom. The number of benzene rings is 2. The number of nitro benzene ring substituents is 1. The van der Waals surface area contributed by atoms with Gasteiger partial charge in [-0.05, 0) is 55.8 Å². The van der Waals surface area contributed by atoms with Gasteiger partial charge in [0.25, 0.3) is 5.69 Å². The molecule has 28 heavy (non-hydrogen) atoms. The van der Waals surface area contributed by atoms with Gasteiger partial charge in [-0.1, -0.05) is 36.8 Å². The van der Waals surface area contributed by atoms with E-state index in [4.69, 9.17) is 0 Å². The molecule has 148 valence electrons. The molecule has 1 N–H and O–H groups in total. The van der Waals surface area contributed by atoms with Crippen LogP contribution in [0.5, 0.6) is 0 Å². The Morgan fingerprint density at radius 3 is 2.46 bits per heavy atom. The van der Waals surface area contributed by atoms with Crippen LogP contribution in [0, 0.1) is 10.1 Å². The van der Waals surface area contributed by atoms with Gasteiger partial charge in [0, 0.05) is 31.3 Å². The number of nitrogens with one attached hydrogen (secondary N) is 1. The molecular weight excluding hydrogens is 354 g/mol. The molecular formula is C22H27N3O3. The maximum Gasteiger partial charge on any atom is 0.269 e. The summed E-state index contributed by atoms with van der Waals surface area (Å²) in [5.74, 6) is -0.153. The molecule has 0 unspecified atom stereocenters. The highest BCUT2D eigenvalue weighted by atomic mass is 16.6. The number of carbonyl (C=O) groups excluding carboxylic acids is 1. The van der Waals surface area contributed by atoms with Gasteiger partial charge < -0.3 is 10.2 Å². The summed E-state index contributed by atoms with van der Waals surface area (Å²) >= 11 is 0. The zero-order chi connectivity index (χ0) is 20.2. The molecule has 0 saturated carbocycles. The molecule has 0 saturated heterocycles. The summed E-state index contributed by atoms with van der Waals surface area (Å²) in [5.41, 5.74) is 2.11. The van der Waals surface area contributed by atoms with Crippen LogP contribution < -0.4 is 5.32 Å². The summed E-state index contributed by atoms with van der Waals surface area (Å²) in [7, 11) is 2.12. The monoisotopic (exact) mass is 381 g/mol. The van der Waals surface area contributed by atoms with Gasteiger partial charge in [-0.3, -0.25) is 14.9 Å². The Bertz CT molecular complexity index is 773. The first-order valence-corrected chi connectivity index (χ1v) is 9.47. The second kappa shape index (κ2) is 11.7. The van der Waals surface area contributed by atoms with Gasteiger partial charge >= 0.3 is 0 Å². The molecule has 1 amide bonds. The summed E-state index contributed by atoms with van der Waals surface area (Å²) in [6, 6.07) is 16.5. The molecule has 0 aliphatic rings. The number of nitrogens with zero attached hydrogens (tertiary/aromatic N) is 2. The Kier molecular flexibility index (Phi) is 8.88. The largest absolute Gasteiger partial charge is 0.353 e. The summed E-state index contributed by atoms with van der Waals surface area (Å²) in [6.07, 6.45) is 6.20. The minimum Gasteiger partial charge on any atom is -0.353 e. The van der Waals surface area contributed by atoms with E-state index in [-0.39, 0.29) is 11.6 Å². The van der Waals surface area contributed by atoms with Crippen molar-refractivity contribution in [2.45, 2.75) is 25.8 Å². The highest BCUT2D eigenvalue weighted by molar-refractivity contribution is 5.91. The smallest absolute Gasteiger partial charge is 0.269 e. The van der Waals surface area contributed by atoms with Gasteiger partial charge in [0.1, 0.15) is 0 Å². The van der Waals surface area contributed by atoms with Crippen molar-refractivity contribution in [3.05, 3.63) is 81.9 Å². The molecule has 6 nitrogen and oxygen atoms in total. The molecule has 2 rings (SSSR count). The molecule has 2 aromatic carbocycles. The first-order chi connectivity index (χ1) is 13.5. The minimum atomic E-state index is -0.445. The predicted molar refractivity (Wildman–Crippen MR) is 112 cm³/mol. The van der Waals surface area contributed by atoms with Gasteiger partial charge in [0.2, 0.25) is 5.91 Å². The van der Waals surface area contributed by atoms with Crippen molar-refractivity contribution in [3.63, 3.8) is 0 Å². The first-order valence-electron chi connectivity index (χ1n) is 9.47. The van der Waals surface area contributed by atoms with Gasteiger partial charge in [-0.25, -0.2) is 0 Å². The van der Waals surface area contributed by atoms with Crippen LogP contribution in [0.1, 0.15) is 30.4 Å². The van der Waals surface area contributed by atoms with E-state index in [1.54, 1.807) is 18.2 Å². The van der Waals surface area contributed by atoms with Crippen molar-refractivity contribution in [3.8, 4) is 0 Å². The predicted octanol–water partition coefficient (Wildman–Crippen LogP) is 4.03. The lowest BCUT2D eigenvalue weighted by Crippen LogP contribution is -2.22. The first kappa shape index (κ1) is 21.3. The van der Waals surface area contributed by atoms with E-state index in [0.717, 1.165) is 37.9 Å². The summed E-state index contributed by atoms with van der Waals surface area (Å²) in [5, 5.41) is 13.5. The van der Waals surface area contributed by atoms with Gasteiger partial charge in [0.15, 0.2) is 0 Å². The van der Waals surface area contributed by atoms with Crippen LogP contribution >= 0.6 is 0 Å². The fourth-order valence-corrected chi connectivity index (χ4v) is 2.81. The van der Waals surface area contributed by atoms with Crippen LogP contribution in [0.3, 0.4) is 0 Å². The molecule has 0 aliphatic carbocycles. The summed E-state index contributed by atoms with van der Waals surface area (Å²) in [4.78, 5) is 24.3. The SMILES string of the molecule is CN(CCCCCNC(=O)/C=C/c1ccc([N+](=O)[O-])cc1)Cc1ccccc1. The van der Waals surface area contributed by atoms with Crippen LogP contribution in [0.4, 0.5) is 5.69 Å². The van der Waals surface area contributed by atoms with E-state index in [0.29, 0.717) is 6.54 Å². The Hall–Kier alpha value is -2.99. The molecule has 2 aromatic rings. The number of hydrogen-bond donors (Lipinski definition) is 1. The van der Waals surface area contributed by atoms with Crippen molar-refractivity contribution < 1.29 is 9.72 Å². The average molecular weight is 381 g/mol. The Labute approximate surface area is 166 Å². The van der Waals surface area contributed by atoms with Crippen molar-refractivity contribution in [1.29, 1.82) is 0 Å². The standard InChI is InChI=1S/C22H27N3O3/c1-24(18-20-8-4-2-5-9-20)17-7-3-6-16-23-22(26)15-12-19-10-13-21(14-11-19)25(27)28/h2,4-5,8-15H,3,6-7,16-18H2,1H3,(H,23,26)/b15-12+. The fourth-order valence-electron chi connectivity index (χ4n) is 2.81. The van der Waals surface area contributed by atoms with E-state index in [9.17, 15) is 14.9 Å².